The van der Waals surface area contributed by atoms with Gasteiger partial charge in [0.25, 0.3) is 5.91 Å². The summed E-state index contributed by atoms with van der Waals surface area (Å²) in [6.45, 7) is 8.45. The minimum absolute atomic E-state index is 0.256. The molecule has 1 amide bonds. The fraction of sp³-hybridized carbons (Fsp3) is 0.286. The topological polar surface area (TPSA) is 69.0 Å². The Morgan fingerprint density at radius 3 is 2.52 bits per heavy atom. The fourth-order valence-corrected chi connectivity index (χ4v) is 3.01. The third-order valence-electron chi connectivity index (χ3n) is 4.48. The number of aromatic nitrogens is 3. The van der Waals surface area contributed by atoms with E-state index in [0.717, 1.165) is 34.7 Å². The first-order valence-electron chi connectivity index (χ1n) is 9.10. The molecule has 3 rings (SSSR count). The third-order valence-corrected chi connectivity index (χ3v) is 4.48. The molecule has 27 heavy (non-hydrogen) atoms. The Morgan fingerprint density at radius 1 is 1.11 bits per heavy atom. The highest BCUT2D eigenvalue weighted by atomic mass is 16.5. The summed E-state index contributed by atoms with van der Waals surface area (Å²) in [5.74, 6) is 0.539. The monoisotopic (exact) mass is 364 g/mol. The van der Waals surface area contributed by atoms with E-state index in [0.29, 0.717) is 18.0 Å². The summed E-state index contributed by atoms with van der Waals surface area (Å²) in [5.41, 5.74) is 4.80. The quantitative estimate of drug-likeness (QED) is 0.715. The number of benzene rings is 2. The number of rotatable bonds is 6. The van der Waals surface area contributed by atoms with Gasteiger partial charge in [0.05, 0.1) is 18.0 Å². The van der Waals surface area contributed by atoms with E-state index >= 15 is 0 Å². The molecule has 0 bridgehead atoms. The van der Waals surface area contributed by atoms with Crippen molar-refractivity contribution >= 4 is 11.6 Å². The van der Waals surface area contributed by atoms with Crippen LogP contribution >= 0.6 is 0 Å². The Morgan fingerprint density at radius 2 is 1.85 bits per heavy atom. The molecule has 2 aromatic carbocycles. The molecule has 0 fully saturated rings. The first kappa shape index (κ1) is 18.6. The van der Waals surface area contributed by atoms with Crippen molar-refractivity contribution in [1.29, 1.82) is 0 Å². The van der Waals surface area contributed by atoms with Gasteiger partial charge in [-0.2, -0.15) is 0 Å². The molecular weight excluding hydrogens is 340 g/mol. The number of nitrogens with zero attached hydrogens (tertiary/aromatic N) is 3. The van der Waals surface area contributed by atoms with E-state index in [9.17, 15) is 4.79 Å². The van der Waals surface area contributed by atoms with E-state index in [1.807, 2.05) is 63.2 Å². The number of hydrogen-bond donors (Lipinski definition) is 1. The predicted octanol–water partition coefficient (Wildman–Crippen LogP) is 4.10. The van der Waals surface area contributed by atoms with Crippen LogP contribution in [0.25, 0.3) is 5.69 Å². The number of anilines is 1. The molecule has 6 nitrogen and oxygen atoms in total. The van der Waals surface area contributed by atoms with Crippen molar-refractivity contribution in [3.63, 3.8) is 0 Å². The van der Waals surface area contributed by atoms with Crippen LogP contribution in [0.4, 0.5) is 5.69 Å². The first-order valence-corrected chi connectivity index (χ1v) is 9.10. The largest absolute Gasteiger partial charge is 0.494 e. The van der Waals surface area contributed by atoms with Crippen LogP contribution in [0.5, 0.6) is 5.75 Å². The fourth-order valence-electron chi connectivity index (χ4n) is 3.01. The number of aryl methyl sites for hydroxylation is 2. The number of amides is 1. The standard InChI is InChI=1S/C21H24N4O2/c1-5-16-9-7-8-14(3)19(16)22-21(26)20-15(4)25(24-23-20)17-10-12-18(13-11-17)27-6-2/h7-13H,5-6H2,1-4H3,(H,22,26). The van der Waals surface area contributed by atoms with Crippen LogP contribution in [0.1, 0.15) is 41.2 Å². The summed E-state index contributed by atoms with van der Waals surface area (Å²) in [5, 5.41) is 11.3. The van der Waals surface area contributed by atoms with Gasteiger partial charge in [-0.1, -0.05) is 30.3 Å². The number of ether oxygens (including phenoxy) is 1. The van der Waals surface area contributed by atoms with Gasteiger partial charge in [-0.25, -0.2) is 4.68 Å². The Hall–Kier alpha value is -3.15. The molecule has 0 saturated carbocycles. The van der Waals surface area contributed by atoms with Crippen LogP contribution in [-0.4, -0.2) is 27.5 Å². The maximum absolute atomic E-state index is 12.8. The number of hydrogen-bond acceptors (Lipinski definition) is 4. The molecule has 6 heteroatoms. The van der Waals surface area contributed by atoms with E-state index < -0.39 is 0 Å². The molecule has 3 aromatic rings. The summed E-state index contributed by atoms with van der Waals surface area (Å²) in [6, 6.07) is 13.5. The Kier molecular flexibility index (Phi) is 5.54. The normalized spacial score (nSPS) is 10.7. The number of carbonyl (C=O) groups excluding carboxylic acids is 1. The molecule has 0 radical (unpaired) electrons. The first-order chi connectivity index (χ1) is 13.0. The van der Waals surface area contributed by atoms with E-state index in [4.69, 9.17) is 4.74 Å². The van der Waals surface area contributed by atoms with Crippen LogP contribution in [0, 0.1) is 13.8 Å². The molecule has 1 heterocycles. The number of para-hydroxylation sites is 1. The third kappa shape index (κ3) is 3.84. The molecule has 0 unspecified atom stereocenters. The lowest BCUT2D eigenvalue weighted by atomic mass is 10.1. The Labute approximate surface area is 159 Å². The van der Waals surface area contributed by atoms with Crippen molar-refractivity contribution in [2.24, 2.45) is 0 Å². The summed E-state index contributed by atoms with van der Waals surface area (Å²) >= 11 is 0. The minimum Gasteiger partial charge on any atom is -0.494 e. The van der Waals surface area contributed by atoms with Crippen molar-refractivity contribution in [2.45, 2.75) is 34.1 Å². The second-order valence-electron chi connectivity index (χ2n) is 6.28. The summed E-state index contributed by atoms with van der Waals surface area (Å²) in [6.07, 6.45) is 0.842. The Balaban J connectivity index is 1.86. The molecule has 1 N–H and O–H groups in total. The lowest BCUT2D eigenvalue weighted by Crippen LogP contribution is -2.16. The molecule has 0 aliphatic carbocycles. The van der Waals surface area contributed by atoms with Crippen molar-refractivity contribution in [3.8, 4) is 11.4 Å². The van der Waals surface area contributed by atoms with Crippen molar-refractivity contribution in [3.05, 3.63) is 65.0 Å². The molecule has 0 aliphatic heterocycles. The summed E-state index contributed by atoms with van der Waals surface area (Å²) in [7, 11) is 0. The highest BCUT2D eigenvalue weighted by Gasteiger charge is 2.19. The van der Waals surface area contributed by atoms with Gasteiger partial charge in [-0.05, 0) is 62.6 Å². The second-order valence-corrected chi connectivity index (χ2v) is 6.28. The zero-order valence-corrected chi connectivity index (χ0v) is 16.1. The molecule has 0 atom stereocenters. The van der Waals surface area contributed by atoms with Crippen LogP contribution < -0.4 is 10.1 Å². The van der Waals surface area contributed by atoms with Crippen LogP contribution in [0.3, 0.4) is 0 Å². The van der Waals surface area contributed by atoms with E-state index in [1.54, 1.807) is 4.68 Å². The average molecular weight is 364 g/mol. The van der Waals surface area contributed by atoms with Crippen LogP contribution in [0.2, 0.25) is 0 Å². The van der Waals surface area contributed by atoms with Crippen LogP contribution in [-0.2, 0) is 6.42 Å². The SMILES string of the molecule is CCOc1ccc(-n2nnc(C(=O)Nc3c(C)cccc3CC)c2C)cc1. The Bertz CT molecular complexity index is 945. The molecule has 0 spiro atoms. The summed E-state index contributed by atoms with van der Waals surface area (Å²) in [4.78, 5) is 12.8. The number of nitrogens with one attached hydrogen (secondary N) is 1. The highest BCUT2D eigenvalue weighted by molar-refractivity contribution is 6.04. The van der Waals surface area contributed by atoms with Gasteiger partial charge in [-0.15, -0.1) is 5.10 Å². The van der Waals surface area contributed by atoms with Crippen LogP contribution in [0.15, 0.2) is 42.5 Å². The molecule has 0 aliphatic rings. The lowest BCUT2D eigenvalue weighted by Gasteiger charge is -2.12. The molecule has 140 valence electrons. The zero-order valence-electron chi connectivity index (χ0n) is 16.1. The van der Waals surface area contributed by atoms with Crippen molar-refractivity contribution < 1.29 is 9.53 Å². The van der Waals surface area contributed by atoms with Gasteiger partial charge >= 0.3 is 0 Å². The van der Waals surface area contributed by atoms with Gasteiger partial charge in [0.2, 0.25) is 0 Å². The van der Waals surface area contributed by atoms with E-state index in [2.05, 4.69) is 22.6 Å². The van der Waals surface area contributed by atoms with Gasteiger partial charge in [-0.3, -0.25) is 4.79 Å². The van der Waals surface area contributed by atoms with E-state index in [-0.39, 0.29) is 5.91 Å². The number of carbonyl (C=O) groups is 1. The second kappa shape index (κ2) is 8.03. The minimum atomic E-state index is -0.256. The highest BCUT2D eigenvalue weighted by Crippen LogP contribution is 2.23. The molecule has 0 saturated heterocycles. The lowest BCUT2D eigenvalue weighted by molar-refractivity contribution is 0.102. The molecular formula is C21H24N4O2. The van der Waals surface area contributed by atoms with Crippen molar-refractivity contribution in [2.75, 3.05) is 11.9 Å². The van der Waals surface area contributed by atoms with Gasteiger partial charge in [0.1, 0.15) is 5.75 Å². The summed E-state index contributed by atoms with van der Waals surface area (Å²) < 4.78 is 7.12. The van der Waals surface area contributed by atoms with Crippen molar-refractivity contribution in [1.82, 2.24) is 15.0 Å². The predicted molar refractivity (Wildman–Crippen MR) is 106 cm³/mol. The van der Waals surface area contributed by atoms with Gasteiger partial charge < -0.3 is 10.1 Å². The van der Waals surface area contributed by atoms with Gasteiger partial charge in [0.15, 0.2) is 5.69 Å². The zero-order chi connectivity index (χ0) is 19.4. The van der Waals surface area contributed by atoms with Gasteiger partial charge in [0, 0.05) is 5.69 Å². The average Bonchev–Trinajstić information content (AvgIpc) is 3.06. The van der Waals surface area contributed by atoms with E-state index in [1.165, 1.54) is 0 Å². The maximum Gasteiger partial charge on any atom is 0.278 e. The maximum atomic E-state index is 12.8. The smallest absolute Gasteiger partial charge is 0.278 e. The molecule has 1 aromatic heterocycles.